The SMILES string of the molecule is C.C.C.C.C=O.C=O.CC.CC.CC.CC.CC.CC.CC.CC.CC.CC.CC.CC.O.O. The first kappa shape index (κ1) is 197. The number of carbonyl (C=O) groups is 2. The maximum absolute atomic E-state index is 8.00. The summed E-state index contributed by atoms with van der Waals surface area (Å²) in [4.78, 5) is 16.0. The van der Waals surface area contributed by atoms with Crippen molar-refractivity contribution in [1.82, 2.24) is 0 Å². The molecule has 0 heterocycles. The van der Waals surface area contributed by atoms with Gasteiger partial charge >= 0.3 is 0 Å². The Kier molecular flexibility index (Phi) is 333000. The van der Waals surface area contributed by atoms with Gasteiger partial charge in [0.1, 0.15) is 13.6 Å². The van der Waals surface area contributed by atoms with Crippen molar-refractivity contribution in [3.05, 3.63) is 0 Å². The zero-order valence-corrected chi connectivity index (χ0v) is 27.2. The second-order valence-corrected chi connectivity index (χ2v) is 0. The largest absolute Gasteiger partial charge is 0.412 e. The number of rotatable bonds is 0. The lowest BCUT2D eigenvalue weighted by atomic mass is 11.0. The van der Waals surface area contributed by atoms with Gasteiger partial charge in [-0.05, 0) is 0 Å². The predicted octanol–water partition coefficient (Wildman–Crippen LogP) is 12.8. The Hall–Kier alpha value is -0.740. The second kappa shape index (κ2) is 57600. The molecule has 0 aliphatic carbocycles. The van der Waals surface area contributed by atoms with E-state index in [0.29, 0.717) is 0 Å². The zero-order valence-electron chi connectivity index (χ0n) is 27.2. The summed E-state index contributed by atoms with van der Waals surface area (Å²) in [6.07, 6.45) is 0. The van der Waals surface area contributed by atoms with Gasteiger partial charge in [0.15, 0.2) is 0 Å². The van der Waals surface area contributed by atoms with E-state index < -0.39 is 0 Å². The third-order valence-corrected chi connectivity index (χ3v) is 0. The maximum Gasteiger partial charge on any atom is 0.106 e. The summed E-state index contributed by atoms with van der Waals surface area (Å²) in [5.41, 5.74) is 0. The van der Waals surface area contributed by atoms with Crippen LogP contribution in [0.25, 0.3) is 0 Å². The summed E-state index contributed by atoms with van der Waals surface area (Å²) in [6, 6.07) is 0. The van der Waals surface area contributed by atoms with Gasteiger partial charge in [-0.2, -0.15) is 0 Å². The molecule has 34 heavy (non-hydrogen) atoms. The first-order valence-corrected chi connectivity index (χ1v) is 12.6. The van der Waals surface area contributed by atoms with Crippen LogP contribution < -0.4 is 0 Å². The van der Waals surface area contributed by atoms with Crippen LogP contribution in [-0.4, -0.2) is 24.5 Å². The average molecular weight is 521 g/mol. The molecule has 240 valence electrons. The monoisotopic (exact) mass is 521 g/mol. The standard InChI is InChI=1S/12C2H6.2CH2O.4CH4.2H2O/c14*1-2;;;;;;/h12*1-2H3;2*1H2;4*1H4;2*1H2. The molecule has 0 atom stereocenters. The quantitative estimate of drug-likeness (QED) is 0.317. The van der Waals surface area contributed by atoms with Crippen LogP contribution >= 0.6 is 0 Å². The molecule has 0 radical (unpaired) electrons. The normalized spacial score (nSPS) is 2.35. The van der Waals surface area contributed by atoms with Crippen molar-refractivity contribution in [3.63, 3.8) is 0 Å². The van der Waals surface area contributed by atoms with E-state index in [1.165, 1.54) is 0 Å². The molecule has 0 saturated carbocycles. The number of hydrogen-bond donors (Lipinski definition) is 0. The van der Waals surface area contributed by atoms with Gasteiger partial charge in [0, 0.05) is 0 Å². The summed E-state index contributed by atoms with van der Waals surface area (Å²) >= 11 is 0. The minimum atomic E-state index is 0. The fraction of sp³-hybridized carbons (Fsp3) is 0.933. The highest BCUT2D eigenvalue weighted by Crippen LogP contribution is 1.17. The van der Waals surface area contributed by atoms with Gasteiger partial charge in [-0.25, -0.2) is 0 Å². The molecule has 0 aromatic heterocycles. The van der Waals surface area contributed by atoms with Gasteiger partial charge in [-0.1, -0.05) is 196 Å². The third-order valence-electron chi connectivity index (χ3n) is 0. The lowest BCUT2D eigenvalue weighted by Gasteiger charge is -1.07. The Morgan fingerprint density at radius 1 is 0.206 bits per heavy atom. The minimum Gasteiger partial charge on any atom is -0.412 e. The van der Waals surface area contributed by atoms with E-state index >= 15 is 0 Å². The van der Waals surface area contributed by atoms with Crippen molar-refractivity contribution in [2.45, 2.75) is 196 Å². The molecule has 0 aromatic carbocycles. The van der Waals surface area contributed by atoms with Crippen molar-refractivity contribution < 1.29 is 20.5 Å². The van der Waals surface area contributed by atoms with Gasteiger partial charge in [-0.15, -0.1) is 0 Å². The van der Waals surface area contributed by atoms with Crippen LogP contribution in [-0.2, 0) is 9.59 Å². The molecule has 0 unspecified atom stereocenters. The summed E-state index contributed by atoms with van der Waals surface area (Å²) in [5, 5.41) is 0. The van der Waals surface area contributed by atoms with Crippen LogP contribution in [0.15, 0.2) is 0 Å². The van der Waals surface area contributed by atoms with Crippen molar-refractivity contribution in [3.8, 4) is 0 Å². The molecule has 0 saturated heterocycles. The Balaban J connectivity index is -0.00000000340. The summed E-state index contributed by atoms with van der Waals surface area (Å²) in [5.74, 6) is 0. The highest BCUT2D eigenvalue weighted by atomic mass is 16.1. The third kappa shape index (κ3) is 52300. The van der Waals surface area contributed by atoms with E-state index in [9.17, 15) is 0 Å². The Bertz CT molecular complexity index is 19.8. The topological polar surface area (TPSA) is 97.1 Å². The zero-order chi connectivity index (χ0) is 28.0. The lowest BCUT2D eigenvalue weighted by Crippen LogP contribution is -0.925. The molecule has 0 fully saturated rings. The van der Waals surface area contributed by atoms with E-state index in [2.05, 4.69) is 0 Å². The van der Waals surface area contributed by atoms with Gasteiger partial charge in [0.25, 0.3) is 0 Å². The van der Waals surface area contributed by atoms with Crippen LogP contribution in [0.4, 0.5) is 0 Å². The molecule has 0 spiro atoms. The summed E-state index contributed by atoms with van der Waals surface area (Å²) in [6.45, 7) is 52.0. The molecule has 0 bridgehead atoms. The smallest absolute Gasteiger partial charge is 0.106 e. The Morgan fingerprint density at radius 2 is 0.206 bits per heavy atom. The second-order valence-electron chi connectivity index (χ2n) is 0. The Labute approximate surface area is 230 Å². The van der Waals surface area contributed by atoms with E-state index in [1.807, 2.05) is 180 Å². The fourth-order valence-electron chi connectivity index (χ4n) is 0. The molecular weight excluding hydrogens is 424 g/mol. The maximum atomic E-state index is 8.00. The van der Waals surface area contributed by atoms with Crippen LogP contribution in [0.1, 0.15) is 196 Å². The van der Waals surface area contributed by atoms with Crippen molar-refractivity contribution in [1.29, 1.82) is 0 Å². The molecule has 4 heteroatoms. The predicted molar refractivity (Wildman–Crippen MR) is 185 cm³/mol. The van der Waals surface area contributed by atoms with Crippen LogP contribution in [0, 0.1) is 0 Å². The molecule has 0 amide bonds. The molecule has 4 N–H and O–H groups in total. The van der Waals surface area contributed by atoms with Crippen molar-refractivity contribution in [2.75, 3.05) is 0 Å². The van der Waals surface area contributed by atoms with Gasteiger partial charge in [0.05, 0.1) is 0 Å². The highest BCUT2D eigenvalue weighted by Gasteiger charge is 0.954. The van der Waals surface area contributed by atoms with Crippen molar-refractivity contribution in [2.24, 2.45) is 0 Å². The van der Waals surface area contributed by atoms with Crippen LogP contribution in [0.5, 0.6) is 0 Å². The minimum absolute atomic E-state index is 0. The highest BCUT2D eigenvalue weighted by molar-refractivity contribution is 5.11. The van der Waals surface area contributed by atoms with Gasteiger partial charge in [-0.3, -0.25) is 0 Å². The average Bonchev–Trinajstić information content (AvgIpc) is 2.95. The summed E-state index contributed by atoms with van der Waals surface area (Å²) in [7, 11) is 0. The Morgan fingerprint density at radius 3 is 0.206 bits per heavy atom. The van der Waals surface area contributed by atoms with E-state index in [4.69, 9.17) is 9.59 Å². The summed E-state index contributed by atoms with van der Waals surface area (Å²) < 4.78 is 0. The van der Waals surface area contributed by atoms with Gasteiger partial charge < -0.3 is 20.5 Å². The van der Waals surface area contributed by atoms with Crippen LogP contribution in [0.3, 0.4) is 0 Å². The van der Waals surface area contributed by atoms with Crippen molar-refractivity contribution >= 4 is 13.6 Å². The van der Waals surface area contributed by atoms with E-state index in [-0.39, 0.29) is 40.7 Å². The first-order chi connectivity index (χ1) is 14.0. The first-order valence-electron chi connectivity index (χ1n) is 12.6. The molecule has 4 nitrogen and oxygen atoms in total. The number of hydrogen-bond acceptors (Lipinski definition) is 2. The van der Waals surface area contributed by atoms with Gasteiger partial charge in [0.2, 0.25) is 0 Å². The van der Waals surface area contributed by atoms with E-state index in [1.54, 1.807) is 0 Å². The molecule has 0 aliphatic heterocycles. The van der Waals surface area contributed by atoms with Crippen LogP contribution in [0.2, 0.25) is 0 Å². The number of carbonyl (C=O) groups excluding carboxylic acids is 2. The molecule has 0 aliphatic rings. The fourth-order valence-corrected chi connectivity index (χ4v) is 0. The molecule has 0 rings (SSSR count). The van der Waals surface area contributed by atoms with E-state index in [0.717, 1.165) is 0 Å². The lowest BCUT2D eigenvalue weighted by molar-refractivity contribution is -0.0987. The molecule has 0 aromatic rings. The molecular formula is C30H96O4.